The van der Waals surface area contributed by atoms with E-state index < -0.39 is 0 Å². The molecule has 1 aliphatic rings. The summed E-state index contributed by atoms with van der Waals surface area (Å²) in [5.41, 5.74) is 0.820. The van der Waals surface area contributed by atoms with Crippen LogP contribution in [0, 0.1) is 6.92 Å². The number of piperidine rings is 1. The Balaban J connectivity index is 1.74. The van der Waals surface area contributed by atoms with Crippen LogP contribution in [-0.4, -0.2) is 28.0 Å². The first-order valence-corrected chi connectivity index (χ1v) is 7.74. The summed E-state index contributed by atoms with van der Waals surface area (Å²) in [5.74, 6) is 1.84. The summed E-state index contributed by atoms with van der Waals surface area (Å²) < 4.78 is 5.77. The predicted octanol–water partition coefficient (Wildman–Crippen LogP) is 2.66. The number of aromatic nitrogens is 2. The quantitative estimate of drug-likeness (QED) is 0.907. The first-order valence-electron chi connectivity index (χ1n) is 7.74. The number of carbonyl (C=O) groups excluding carboxylic acids is 1. The summed E-state index contributed by atoms with van der Waals surface area (Å²) in [7, 11) is 0. The molecule has 0 saturated carbocycles. The van der Waals surface area contributed by atoms with Gasteiger partial charge in [0.2, 0.25) is 17.7 Å². The number of amides is 1. The topological polar surface area (TPSA) is 76.1 Å². The summed E-state index contributed by atoms with van der Waals surface area (Å²) in [6.07, 6.45) is 1.28. The van der Waals surface area contributed by atoms with Gasteiger partial charge in [0.1, 0.15) is 5.75 Å². The Morgan fingerprint density at radius 1 is 1.26 bits per heavy atom. The molecular formula is C17H20N4O2. The van der Waals surface area contributed by atoms with Gasteiger partial charge in [-0.1, -0.05) is 18.2 Å². The molecule has 2 atom stereocenters. The van der Waals surface area contributed by atoms with Gasteiger partial charge in [-0.2, -0.15) is 4.98 Å². The third kappa shape index (κ3) is 3.97. The van der Waals surface area contributed by atoms with Crippen LogP contribution >= 0.6 is 0 Å². The van der Waals surface area contributed by atoms with Gasteiger partial charge < -0.3 is 15.4 Å². The van der Waals surface area contributed by atoms with Crippen LogP contribution in [0.2, 0.25) is 0 Å². The van der Waals surface area contributed by atoms with Crippen molar-refractivity contribution in [3.05, 3.63) is 42.1 Å². The summed E-state index contributed by atoms with van der Waals surface area (Å²) in [6, 6.07) is 11.5. The van der Waals surface area contributed by atoms with Gasteiger partial charge in [-0.3, -0.25) is 4.79 Å². The molecule has 1 aromatic heterocycles. The molecule has 1 saturated heterocycles. The summed E-state index contributed by atoms with van der Waals surface area (Å²) in [6.45, 7) is 3.88. The highest BCUT2D eigenvalue weighted by Gasteiger charge is 2.25. The SMILES string of the molecule is Cc1cc(Oc2ccccc2)nc(NC2CCC(=O)NC2C)n1. The minimum Gasteiger partial charge on any atom is -0.439 e. The van der Waals surface area contributed by atoms with E-state index in [1.807, 2.05) is 44.2 Å². The van der Waals surface area contributed by atoms with Crippen LogP contribution in [0.15, 0.2) is 36.4 Å². The number of para-hydroxylation sites is 1. The Morgan fingerprint density at radius 3 is 2.78 bits per heavy atom. The normalized spacial score (nSPS) is 20.7. The van der Waals surface area contributed by atoms with E-state index in [4.69, 9.17) is 4.74 Å². The lowest BCUT2D eigenvalue weighted by Gasteiger charge is -2.30. The lowest BCUT2D eigenvalue weighted by atomic mass is 10.00. The maximum absolute atomic E-state index is 11.4. The molecule has 2 unspecified atom stereocenters. The molecule has 0 spiro atoms. The molecule has 0 radical (unpaired) electrons. The van der Waals surface area contributed by atoms with Crippen molar-refractivity contribution in [1.82, 2.24) is 15.3 Å². The lowest BCUT2D eigenvalue weighted by molar-refractivity contribution is -0.123. The number of hydrogen-bond acceptors (Lipinski definition) is 5. The van der Waals surface area contributed by atoms with Crippen molar-refractivity contribution in [3.63, 3.8) is 0 Å². The molecule has 1 aliphatic heterocycles. The minimum atomic E-state index is 0.0406. The number of carbonyl (C=O) groups is 1. The Hall–Kier alpha value is -2.63. The van der Waals surface area contributed by atoms with Gasteiger partial charge in [-0.25, -0.2) is 4.98 Å². The van der Waals surface area contributed by atoms with Crippen molar-refractivity contribution in [2.75, 3.05) is 5.32 Å². The molecule has 1 fully saturated rings. The van der Waals surface area contributed by atoms with Crippen LogP contribution in [0.4, 0.5) is 5.95 Å². The average Bonchev–Trinajstić information content (AvgIpc) is 2.50. The Bertz CT molecular complexity index is 690. The van der Waals surface area contributed by atoms with Gasteiger partial charge in [0.15, 0.2) is 0 Å². The van der Waals surface area contributed by atoms with E-state index in [0.717, 1.165) is 17.9 Å². The first-order chi connectivity index (χ1) is 11.1. The smallest absolute Gasteiger partial charge is 0.226 e. The van der Waals surface area contributed by atoms with Gasteiger partial charge in [-0.15, -0.1) is 0 Å². The highest BCUT2D eigenvalue weighted by molar-refractivity contribution is 5.77. The zero-order valence-corrected chi connectivity index (χ0v) is 13.2. The molecule has 2 aromatic rings. The second kappa shape index (κ2) is 6.64. The molecule has 1 aromatic carbocycles. The summed E-state index contributed by atoms with van der Waals surface area (Å²) in [5, 5.41) is 6.23. The standard InChI is InChI=1S/C17H20N4O2/c1-11-10-16(23-13-6-4-3-5-7-13)21-17(18-11)20-14-8-9-15(22)19-12(14)2/h3-7,10,12,14H,8-9H2,1-2H3,(H,19,22)(H,18,20,21). The zero-order chi connectivity index (χ0) is 16.2. The Labute approximate surface area is 135 Å². The van der Waals surface area contributed by atoms with Crippen molar-refractivity contribution in [1.29, 1.82) is 0 Å². The van der Waals surface area contributed by atoms with Gasteiger partial charge >= 0.3 is 0 Å². The van der Waals surface area contributed by atoms with Gasteiger partial charge in [-0.05, 0) is 32.4 Å². The van der Waals surface area contributed by atoms with Crippen LogP contribution in [-0.2, 0) is 4.79 Å². The second-order valence-electron chi connectivity index (χ2n) is 5.73. The van der Waals surface area contributed by atoms with E-state index in [9.17, 15) is 4.79 Å². The van der Waals surface area contributed by atoms with Crippen molar-refractivity contribution in [2.45, 2.75) is 38.8 Å². The second-order valence-corrected chi connectivity index (χ2v) is 5.73. The fourth-order valence-electron chi connectivity index (χ4n) is 2.59. The van der Waals surface area contributed by atoms with Crippen LogP contribution < -0.4 is 15.4 Å². The van der Waals surface area contributed by atoms with Gasteiger partial charge in [0.05, 0.1) is 0 Å². The maximum atomic E-state index is 11.4. The van der Waals surface area contributed by atoms with E-state index in [1.165, 1.54) is 0 Å². The molecule has 0 bridgehead atoms. The minimum absolute atomic E-state index is 0.0406. The van der Waals surface area contributed by atoms with Crippen LogP contribution in [0.25, 0.3) is 0 Å². The lowest BCUT2D eigenvalue weighted by Crippen LogP contribution is -2.49. The van der Waals surface area contributed by atoms with Crippen molar-refractivity contribution in [2.24, 2.45) is 0 Å². The maximum Gasteiger partial charge on any atom is 0.226 e. The zero-order valence-electron chi connectivity index (χ0n) is 13.2. The van der Waals surface area contributed by atoms with Crippen LogP contribution in [0.5, 0.6) is 11.6 Å². The van der Waals surface area contributed by atoms with E-state index in [0.29, 0.717) is 18.2 Å². The molecule has 6 heteroatoms. The number of aryl methyl sites for hydroxylation is 1. The van der Waals surface area contributed by atoms with Crippen LogP contribution in [0.1, 0.15) is 25.5 Å². The van der Waals surface area contributed by atoms with Crippen molar-refractivity contribution >= 4 is 11.9 Å². The predicted molar refractivity (Wildman–Crippen MR) is 87.5 cm³/mol. The average molecular weight is 312 g/mol. The number of hydrogen-bond donors (Lipinski definition) is 2. The third-order valence-electron chi connectivity index (χ3n) is 3.79. The summed E-state index contributed by atoms with van der Waals surface area (Å²) in [4.78, 5) is 20.2. The largest absolute Gasteiger partial charge is 0.439 e. The van der Waals surface area contributed by atoms with E-state index in [1.54, 1.807) is 6.07 Å². The van der Waals surface area contributed by atoms with Gasteiger partial charge in [0.25, 0.3) is 0 Å². The number of rotatable bonds is 4. The third-order valence-corrected chi connectivity index (χ3v) is 3.79. The first kappa shape index (κ1) is 15.3. The molecule has 6 nitrogen and oxygen atoms in total. The van der Waals surface area contributed by atoms with Crippen LogP contribution in [0.3, 0.4) is 0 Å². The van der Waals surface area contributed by atoms with E-state index >= 15 is 0 Å². The molecule has 2 heterocycles. The number of ether oxygens (including phenoxy) is 1. The number of nitrogens with zero attached hydrogens (tertiary/aromatic N) is 2. The number of anilines is 1. The molecule has 3 rings (SSSR count). The molecule has 120 valence electrons. The van der Waals surface area contributed by atoms with Crippen molar-refractivity contribution < 1.29 is 9.53 Å². The molecular weight excluding hydrogens is 292 g/mol. The highest BCUT2D eigenvalue weighted by atomic mass is 16.5. The summed E-state index contributed by atoms with van der Waals surface area (Å²) >= 11 is 0. The van der Waals surface area contributed by atoms with E-state index in [-0.39, 0.29) is 18.0 Å². The fourth-order valence-corrected chi connectivity index (χ4v) is 2.59. The molecule has 23 heavy (non-hydrogen) atoms. The van der Waals surface area contributed by atoms with Crippen molar-refractivity contribution in [3.8, 4) is 11.6 Å². The van der Waals surface area contributed by atoms with E-state index in [2.05, 4.69) is 20.6 Å². The van der Waals surface area contributed by atoms with Gasteiger partial charge in [0, 0.05) is 30.3 Å². The molecule has 1 amide bonds. The molecule has 0 aliphatic carbocycles. The number of benzene rings is 1. The molecule has 2 N–H and O–H groups in total. The Morgan fingerprint density at radius 2 is 2.04 bits per heavy atom. The Kier molecular flexibility index (Phi) is 4.41. The fraction of sp³-hybridized carbons (Fsp3) is 0.353. The monoisotopic (exact) mass is 312 g/mol. The number of nitrogens with one attached hydrogen (secondary N) is 2. The highest BCUT2D eigenvalue weighted by Crippen LogP contribution is 2.22.